The molecule has 4 nitrogen and oxygen atoms in total. The number of benzene rings is 1. The first-order valence-corrected chi connectivity index (χ1v) is 6.04. The quantitative estimate of drug-likeness (QED) is 0.791. The molecule has 2 rings (SSSR count). The molecule has 0 aliphatic carbocycles. The summed E-state index contributed by atoms with van der Waals surface area (Å²) in [7, 11) is 0. The molecule has 0 amide bonds. The van der Waals surface area contributed by atoms with E-state index in [1.54, 1.807) is 6.07 Å². The third-order valence-corrected chi connectivity index (χ3v) is 2.90. The second kappa shape index (κ2) is 5.28. The maximum atomic E-state index is 11.7. The van der Waals surface area contributed by atoms with Gasteiger partial charge < -0.3 is 4.74 Å². The predicted octanol–water partition coefficient (Wildman–Crippen LogP) is 3.39. The van der Waals surface area contributed by atoms with E-state index in [0.29, 0.717) is 5.69 Å². The molecular weight excluding hydrogens is 266 g/mol. The van der Waals surface area contributed by atoms with Gasteiger partial charge in [0.15, 0.2) is 10.9 Å². The minimum absolute atomic E-state index is 0.0987. The van der Waals surface area contributed by atoms with Crippen LogP contribution in [-0.2, 0) is 4.79 Å². The fourth-order valence-electron chi connectivity index (χ4n) is 1.82. The van der Waals surface area contributed by atoms with E-state index in [1.807, 2.05) is 30.3 Å². The summed E-state index contributed by atoms with van der Waals surface area (Å²) >= 11 is 6.08. The Kier molecular flexibility index (Phi) is 3.71. The van der Waals surface area contributed by atoms with Gasteiger partial charge in [0.1, 0.15) is 0 Å². The molecule has 2 aromatic rings. The molecule has 0 atom stereocenters. The lowest BCUT2D eigenvalue weighted by molar-refractivity contribution is -0.131. The van der Waals surface area contributed by atoms with Crippen molar-refractivity contribution >= 4 is 23.5 Å². The summed E-state index contributed by atoms with van der Waals surface area (Å²) in [6.45, 7) is 2.68. The molecule has 5 heteroatoms. The van der Waals surface area contributed by atoms with Gasteiger partial charge in [0.2, 0.25) is 5.91 Å². The van der Waals surface area contributed by atoms with E-state index in [0.717, 1.165) is 5.56 Å². The predicted molar refractivity (Wildman–Crippen MR) is 72.5 cm³/mol. The fourth-order valence-corrected chi connectivity index (χ4v) is 2.12. The molecule has 19 heavy (non-hydrogen) atoms. The Labute approximate surface area is 115 Å². The molecule has 0 aliphatic heterocycles. The summed E-state index contributed by atoms with van der Waals surface area (Å²) < 4.78 is 6.31. The van der Waals surface area contributed by atoms with Crippen LogP contribution < -0.4 is 4.74 Å². The maximum Gasteiger partial charge on any atom is 0.308 e. The molecule has 0 unspecified atom stereocenters. The average Bonchev–Trinajstić information content (AvgIpc) is 2.67. The number of hydrogen-bond acceptors (Lipinski definition) is 3. The largest absolute Gasteiger partial charge is 0.423 e. The summed E-state index contributed by atoms with van der Waals surface area (Å²) in [4.78, 5) is 22.7. The van der Waals surface area contributed by atoms with Crippen molar-refractivity contribution in [2.75, 3.05) is 0 Å². The van der Waals surface area contributed by atoms with Gasteiger partial charge in [-0.1, -0.05) is 41.9 Å². The maximum absolute atomic E-state index is 11.7. The van der Waals surface area contributed by atoms with E-state index >= 15 is 0 Å². The second-order valence-electron chi connectivity index (χ2n) is 4.00. The Morgan fingerprint density at radius 2 is 1.79 bits per heavy atom. The molecule has 1 aromatic heterocycles. The number of aromatic nitrogens is 1. The number of nitrogens with zero attached hydrogens (tertiary/aromatic N) is 1. The van der Waals surface area contributed by atoms with E-state index in [4.69, 9.17) is 16.3 Å². The first kappa shape index (κ1) is 13.4. The summed E-state index contributed by atoms with van der Waals surface area (Å²) in [6.07, 6.45) is 0. The van der Waals surface area contributed by atoms with Gasteiger partial charge in [-0.25, -0.2) is 0 Å². The highest BCUT2D eigenvalue weighted by molar-refractivity contribution is 6.32. The molecule has 1 aromatic carbocycles. The van der Waals surface area contributed by atoms with Crippen molar-refractivity contribution in [3.63, 3.8) is 0 Å². The van der Waals surface area contributed by atoms with Crippen molar-refractivity contribution in [2.24, 2.45) is 0 Å². The molecular formula is C14H12ClNO3. The lowest BCUT2D eigenvalue weighted by atomic mass is 10.1. The molecule has 0 N–H and O–H groups in total. The van der Waals surface area contributed by atoms with Gasteiger partial charge in [0.05, 0.1) is 5.69 Å². The van der Waals surface area contributed by atoms with Crippen molar-refractivity contribution in [3.05, 3.63) is 41.6 Å². The van der Waals surface area contributed by atoms with Gasteiger partial charge in [0, 0.05) is 19.9 Å². The molecule has 0 radical (unpaired) electrons. The highest BCUT2D eigenvalue weighted by Crippen LogP contribution is 2.34. The number of esters is 1. The fraction of sp³-hybridized carbons (Fsp3) is 0.143. The third kappa shape index (κ3) is 2.69. The molecule has 1 heterocycles. The molecule has 0 aliphatic rings. The zero-order chi connectivity index (χ0) is 14.0. The molecule has 0 saturated carbocycles. The van der Waals surface area contributed by atoms with Crippen molar-refractivity contribution in [2.45, 2.75) is 13.8 Å². The number of rotatable bonds is 2. The number of carbonyl (C=O) groups is 2. The normalized spacial score (nSPS) is 10.3. The van der Waals surface area contributed by atoms with Crippen LogP contribution in [0.1, 0.15) is 18.6 Å². The zero-order valence-electron chi connectivity index (χ0n) is 10.5. The van der Waals surface area contributed by atoms with Crippen LogP contribution in [0.3, 0.4) is 0 Å². The molecule has 98 valence electrons. The Bertz CT molecular complexity index is 632. The number of ether oxygens (including phenoxy) is 1. The Hall–Kier alpha value is -2.07. The number of carbonyl (C=O) groups excluding carboxylic acids is 2. The molecule has 0 spiro atoms. The Morgan fingerprint density at radius 1 is 1.16 bits per heavy atom. The van der Waals surface area contributed by atoms with Crippen LogP contribution in [0.25, 0.3) is 11.3 Å². The van der Waals surface area contributed by atoms with Gasteiger partial charge in [-0.3, -0.25) is 14.2 Å². The van der Waals surface area contributed by atoms with Crippen molar-refractivity contribution in [1.29, 1.82) is 0 Å². The zero-order valence-corrected chi connectivity index (χ0v) is 11.3. The smallest absolute Gasteiger partial charge is 0.308 e. The molecule has 0 saturated heterocycles. The monoisotopic (exact) mass is 277 g/mol. The van der Waals surface area contributed by atoms with E-state index < -0.39 is 5.97 Å². The standard InChI is InChI=1S/C14H12ClNO3/c1-9(17)16-12(11-6-4-3-5-7-11)8-13(14(16)15)19-10(2)18/h3-8H,1-2H3. The van der Waals surface area contributed by atoms with Crippen molar-refractivity contribution in [3.8, 4) is 17.0 Å². The molecule has 0 fully saturated rings. The topological polar surface area (TPSA) is 48.3 Å². The lowest BCUT2D eigenvalue weighted by Crippen LogP contribution is -2.07. The van der Waals surface area contributed by atoms with Crippen LogP contribution in [0.4, 0.5) is 0 Å². The summed E-state index contributed by atoms with van der Waals surface area (Å²) in [5.74, 6) is -0.548. The van der Waals surface area contributed by atoms with Gasteiger partial charge in [-0.2, -0.15) is 0 Å². The van der Waals surface area contributed by atoms with Gasteiger partial charge in [-0.15, -0.1) is 0 Å². The van der Waals surface area contributed by atoms with E-state index in [2.05, 4.69) is 0 Å². The lowest BCUT2D eigenvalue weighted by Gasteiger charge is -2.05. The minimum Gasteiger partial charge on any atom is -0.423 e. The van der Waals surface area contributed by atoms with E-state index in [9.17, 15) is 9.59 Å². The summed E-state index contributed by atoms with van der Waals surface area (Å²) in [5.41, 5.74) is 1.41. The number of halogens is 1. The first-order valence-electron chi connectivity index (χ1n) is 5.66. The second-order valence-corrected chi connectivity index (χ2v) is 4.36. The highest BCUT2D eigenvalue weighted by atomic mass is 35.5. The van der Waals surface area contributed by atoms with Crippen LogP contribution in [0.15, 0.2) is 36.4 Å². The van der Waals surface area contributed by atoms with Crippen LogP contribution in [0.2, 0.25) is 5.15 Å². The Balaban J connectivity index is 2.60. The first-order chi connectivity index (χ1) is 9.00. The SMILES string of the molecule is CC(=O)Oc1cc(-c2ccccc2)n(C(C)=O)c1Cl. The summed E-state index contributed by atoms with van der Waals surface area (Å²) in [6, 6.07) is 10.9. The van der Waals surface area contributed by atoms with E-state index in [-0.39, 0.29) is 16.8 Å². The van der Waals surface area contributed by atoms with Crippen LogP contribution >= 0.6 is 11.6 Å². The van der Waals surface area contributed by atoms with E-state index in [1.165, 1.54) is 18.4 Å². The van der Waals surface area contributed by atoms with Crippen LogP contribution in [0.5, 0.6) is 5.75 Å². The van der Waals surface area contributed by atoms with Crippen molar-refractivity contribution < 1.29 is 14.3 Å². The Morgan fingerprint density at radius 3 is 2.32 bits per heavy atom. The molecule has 0 bridgehead atoms. The third-order valence-electron chi connectivity index (χ3n) is 2.55. The van der Waals surface area contributed by atoms with Gasteiger partial charge >= 0.3 is 5.97 Å². The van der Waals surface area contributed by atoms with Crippen LogP contribution in [-0.4, -0.2) is 16.4 Å². The average molecular weight is 278 g/mol. The van der Waals surface area contributed by atoms with Gasteiger partial charge in [0.25, 0.3) is 0 Å². The summed E-state index contributed by atoms with van der Waals surface area (Å²) in [5, 5.41) is 0.0987. The van der Waals surface area contributed by atoms with Crippen LogP contribution in [0, 0.1) is 0 Å². The minimum atomic E-state index is -0.484. The van der Waals surface area contributed by atoms with Crippen molar-refractivity contribution in [1.82, 2.24) is 4.57 Å². The number of hydrogen-bond donors (Lipinski definition) is 0. The van der Waals surface area contributed by atoms with Gasteiger partial charge in [-0.05, 0) is 5.56 Å². The highest BCUT2D eigenvalue weighted by Gasteiger charge is 2.19.